The van der Waals surface area contributed by atoms with Gasteiger partial charge in [0.1, 0.15) is 19.0 Å². The number of hydrogen-bond donors (Lipinski definition) is 0. The second kappa shape index (κ2) is 7.48. The monoisotopic (exact) mass is 283 g/mol. The number of ether oxygens (including phenoxy) is 1. The minimum Gasteiger partial charge on any atom is -0.487 e. The quantitative estimate of drug-likeness (QED) is 0.585. The van der Waals surface area contributed by atoms with Crippen LogP contribution < -0.4 is 4.74 Å². The van der Waals surface area contributed by atoms with Crippen molar-refractivity contribution in [2.24, 2.45) is 5.16 Å². The predicted octanol–water partition coefficient (Wildman–Crippen LogP) is 4.27. The summed E-state index contributed by atoms with van der Waals surface area (Å²) >= 11 is 0. The van der Waals surface area contributed by atoms with E-state index in [1.807, 2.05) is 69.3 Å². The predicted molar refractivity (Wildman–Crippen MR) is 85.8 cm³/mol. The molecule has 3 heteroatoms. The third-order valence-corrected chi connectivity index (χ3v) is 3.13. The fourth-order valence-electron chi connectivity index (χ4n) is 2.02. The standard InChI is InChI=1S/C18H21NO2/c1-14-8-7-9-15(2)18(14)20-12-16(3)19-21-13-17-10-5-4-6-11-17/h4-11H,12-13H2,1-3H3. The Kier molecular flexibility index (Phi) is 5.38. The zero-order valence-corrected chi connectivity index (χ0v) is 12.8. The molecule has 0 aliphatic rings. The Balaban J connectivity index is 1.84. The van der Waals surface area contributed by atoms with E-state index in [1.54, 1.807) is 0 Å². The van der Waals surface area contributed by atoms with Gasteiger partial charge in [-0.15, -0.1) is 0 Å². The number of hydrogen-bond acceptors (Lipinski definition) is 3. The Morgan fingerprint density at radius 3 is 2.29 bits per heavy atom. The van der Waals surface area contributed by atoms with E-state index in [2.05, 4.69) is 5.16 Å². The van der Waals surface area contributed by atoms with Gasteiger partial charge in [0, 0.05) is 0 Å². The lowest BCUT2D eigenvalue weighted by Crippen LogP contribution is -2.09. The van der Waals surface area contributed by atoms with Crippen molar-refractivity contribution in [2.75, 3.05) is 6.61 Å². The van der Waals surface area contributed by atoms with Gasteiger partial charge in [-0.3, -0.25) is 0 Å². The fourth-order valence-corrected chi connectivity index (χ4v) is 2.02. The lowest BCUT2D eigenvalue weighted by molar-refractivity contribution is 0.128. The largest absolute Gasteiger partial charge is 0.487 e. The summed E-state index contributed by atoms with van der Waals surface area (Å²) in [7, 11) is 0. The average molecular weight is 283 g/mol. The zero-order chi connectivity index (χ0) is 15.1. The fraction of sp³-hybridized carbons (Fsp3) is 0.278. The second-order valence-corrected chi connectivity index (χ2v) is 5.10. The molecule has 2 aromatic carbocycles. The van der Waals surface area contributed by atoms with Crippen LogP contribution in [0, 0.1) is 13.8 Å². The van der Waals surface area contributed by atoms with Crippen LogP contribution in [-0.2, 0) is 11.4 Å². The molecule has 0 radical (unpaired) electrons. The molecule has 0 saturated heterocycles. The van der Waals surface area contributed by atoms with E-state index in [4.69, 9.17) is 9.57 Å². The van der Waals surface area contributed by atoms with Gasteiger partial charge in [0.25, 0.3) is 0 Å². The van der Waals surface area contributed by atoms with Crippen LogP contribution in [-0.4, -0.2) is 12.3 Å². The first-order valence-electron chi connectivity index (χ1n) is 7.05. The molecule has 0 heterocycles. The zero-order valence-electron chi connectivity index (χ0n) is 12.8. The topological polar surface area (TPSA) is 30.8 Å². The number of aryl methyl sites for hydroxylation is 2. The smallest absolute Gasteiger partial charge is 0.142 e. The number of nitrogens with zero attached hydrogens (tertiary/aromatic N) is 1. The van der Waals surface area contributed by atoms with Gasteiger partial charge in [-0.1, -0.05) is 53.7 Å². The molecule has 0 fully saturated rings. The molecule has 2 rings (SSSR count). The Hall–Kier alpha value is -2.29. The van der Waals surface area contributed by atoms with Crippen LogP contribution in [0.5, 0.6) is 5.75 Å². The number of oxime groups is 1. The van der Waals surface area contributed by atoms with Gasteiger partial charge in [-0.2, -0.15) is 0 Å². The van der Waals surface area contributed by atoms with E-state index < -0.39 is 0 Å². The first-order chi connectivity index (χ1) is 10.2. The molecular formula is C18H21NO2. The Bertz CT molecular complexity index is 586. The molecular weight excluding hydrogens is 262 g/mol. The van der Waals surface area contributed by atoms with Crippen LogP contribution in [0.3, 0.4) is 0 Å². The maximum absolute atomic E-state index is 5.82. The number of rotatable bonds is 6. The van der Waals surface area contributed by atoms with E-state index in [-0.39, 0.29) is 0 Å². The van der Waals surface area contributed by atoms with Gasteiger partial charge in [0.15, 0.2) is 0 Å². The Morgan fingerprint density at radius 1 is 0.952 bits per heavy atom. The van der Waals surface area contributed by atoms with Crippen molar-refractivity contribution in [3.63, 3.8) is 0 Å². The lowest BCUT2D eigenvalue weighted by Gasteiger charge is -2.11. The van der Waals surface area contributed by atoms with Crippen LogP contribution in [0.2, 0.25) is 0 Å². The summed E-state index contributed by atoms with van der Waals surface area (Å²) in [4.78, 5) is 5.34. The van der Waals surface area contributed by atoms with Crippen molar-refractivity contribution >= 4 is 5.71 Å². The molecule has 0 N–H and O–H groups in total. The molecule has 21 heavy (non-hydrogen) atoms. The first-order valence-corrected chi connectivity index (χ1v) is 7.05. The van der Waals surface area contributed by atoms with Crippen molar-refractivity contribution in [1.29, 1.82) is 0 Å². The molecule has 0 atom stereocenters. The number of benzene rings is 2. The highest BCUT2D eigenvalue weighted by molar-refractivity contribution is 5.82. The molecule has 0 bridgehead atoms. The molecule has 0 aliphatic heterocycles. The third kappa shape index (κ3) is 4.63. The number of para-hydroxylation sites is 1. The van der Waals surface area contributed by atoms with Crippen molar-refractivity contribution in [1.82, 2.24) is 0 Å². The van der Waals surface area contributed by atoms with Gasteiger partial charge in [-0.25, -0.2) is 0 Å². The van der Waals surface area contributed by atoms with Gasteiger partial charge in [-0.05, 0) is 37.5 Å². The maximum Gasteiger partial charge on any atom is 0.142 e. The van der Waals surface area contributed by atoms with Crippen LogP contribution in [0.1, 0.15) is 23.6 Å². The van der Waals surface area contributed by atoms with Gasteiger partial charge >= 0.3 is 0 Å². The molecule has 110 valence electrons. The van der Waals surface area contributed by atoms with Crippen molar-refractivity contribution in [2.45, 2.75) is 27.4 Å². The molecule has 3 nitrogen and oxygen atoms in total. The normalized spacial score (nSPS) is 11.3. The van der Waals surface area contributed by atoms with Gasteiger partial charge in [0.2, 0.25) is 0 Å². The summed E-state index contributed by atoms with van der Waals surface area (Å²) in [6.45, 7) is 6.89. The summed E-state index contributed by atoms with van der Waals surface area (Å²) < 4.78 is 5.82. The average Bonchev–Trinajstić information content (AvgIpc) is 2.48. The van der Waals surface area contributed by atoms with Crippen molar-refractivity contribution in [3.8, 4) is 5.75 Å². The molecule has 2 aromatic rings. The third-order valence-electron chi connectivity index (χ3n) is 3.13. The van der Waals surface area contributed by atoms with E-state index in [0.717, 1.165) is 28.2 Å². The van der Waals surface area contributed by atoms with Crippen molar-refractivity contribution < 1.29 is 9.57 Å². The van der Waals surface area contributed by atoms with Crippen LogP contribution in [0.4, 0.5) is 0 Å². The first kappa shape index (κ1) is 15.1. The van der Waals surface area contributed by atoms with Gasteiger partial charge in [0.05, 0.1) is 5.71 Å². The minimum absolute atomic E-state index is 0.431. The Labute approximate surface area is 126 Å². The van der Waals surface area contributed by atoms with E-state index in [9.17, 15) is 0 Å². The molecule has 0 spiro atoms. The highest BCUT2D eigenvalue weighted by atomic mass is 16.6. The maximum atomic E-state index is 5.82. The van der Waals surface area contributed by atoms with Gasteiger partial charge < -0.3 is 9.57 Å². The summed E-state index contributed by atoms with van der Waals surface area (Å²) in [5.41, 5.74) is 4.18. The van der Waals surface area contributed by atoms with Crippen molar-refractivity contribution in [3.05, 3.63) is 65.2 Å². The summed E-state index contributed by atoms with van der Waals surface area (Å²) in [6, 6.07) is 16.1. The van der Waals surface area contributed by atoms with Crippen LogP contribution in [0.15, 0.2) is 53.7 Å². The summed E-state index contributed by atoms with van der Waals surface area (Å²) in [6.07, 6.45) is 0. The molecule has 0 unspecified atom stereocenters. The van der Waals surface area contributed by atoms with E-state index in [1.165, 1.54) is 0 Å². The lowest BCUT2D eigenvalue weighted by atomic mass is 10.1. The minimum atomic E-state index is 0.431. The molecule has 0 amide bonds. The van der Waals surface area contributed by atoms with Crippen LogP contribution >= 0.6 is 0 Å². The van der Waals surface area contributed by atoms with E-state index in [0.29, 0.717) is 13.2 Å². The highest BCUT2D eigenvalue weighted by Crippen LogP contribution is 2.22. The molecule has 0 aliphatic carbocycles. The Morgan fingerprint density at radius 2 is 1.62 bits per heavy atom. The highest BCUT2D eigenvalue weighted by Gasteiger charge is 2.04. The summed E-state index contributed by atoms with van der Waals surface area (Å²) in [5, 5.41) is 4.09. The molecule has 0 saturated carbocycles. The second-order valence-electron chi connectivity index (χ2n) is 5.10. The SMILES string of the molecule is CC(COc1c(C)cccc1C)=NOCc1ccccc1. The van der Waals surface area contributed by atoms with Crippen LogP contribution in [0.25, 0.3) is 0 Å². The summed E-state index contributed by atoms with van der Waals surface area (Å²) in [5.74, 6) is 0.926. The van der Waals surface area contributed by atoms with E-state index >= 15 is 0 Å². The molecule has 0 aromatic heterocycles.